The van der Waals surface area contributed by atoms with Crippen molar-refractivity contribution in [2.45, 2.75) is 20.8 Å². The highest BCUT2D eigenvalue weighted by Crippen LogP contribution is 2.22. The summed E-state index contributed by atoms with van der Waals surface area (Å²) in [6.45, 7) is 13.2. The lowest BCUT2D eigenvalue weighted by Gasteiger charge is -2.05. The maximum atomic E-state index is 7.66. The molecule has 0 aliphatic carbocycles. The van der Waals surface area contributed by atoms with Crippen molar-refractivity contribution in [2.75, 3.05) is 0 Å². The zero-order chi connectivity index (χ0) is 18.4. The summed E-state index contributed by atoms with van der Waals surface area (Å²) in [6, 6.07) is 0. The van der Waals surface area contributed by atoms with Gasteiger partial charge in [-0.05, 0) is 43.1 Å². The van der Waals surface area contributed by atoms with Crippen LogP contribution >= 0.6 is 0 Å². The first-order valence-corrected chi connectivity index (χ1v) is 7.48. The van der Waals surface area contributed by atoms with Crippen LogP contribution < -0.4 is 5.73 Å². The molecule has 0 bridgehead atoms. The summed E-state index contributed by atoms with van der Waals surface area (Å²) >= 11 is 0. The van der Waals surface area contributed by atoms with Crippen LogP contribution in [0.3, 0.4) is 0 Å². The summed E-state index contributed by atoms with van der Waals surface area (Å²) in [6.07, 6.45) is 8.04. The van der Waals surface area contributed by atoms with Crippen LogP contribution in [0.25, 0.3) is 11.1 Å². The van der Waals surface area contributed by atoms with E-state index in [4.69, 9.17) is 16.6 Å². The number of aryl methyl sites for hydroxylation is 1. The van der Waals surface area contributed by atoms with E-state index < -0.39 is 0 Å². The number of aromatic nitrogens is 2. The first kappa shape index (κ1) is 19.1. The number of nitrogens with two attached hydrogens (primary N) is 1. The monoisotopic (exact) mass is 323 g/mol. The molecule has 0 aromatic carbocycles. The number of imidazole rings is 1. The zero-order valence-corrected chi connectivity index (χ0v) is 14.8. The fraction of sp³-hybridized carbons (Fsp3) is 0.211. The van der Waals surface area contributed by atoms with E-state index >= 15 is 0 Å². The van der Waals surface area contributed by atoms with Crippen LogP contribution in [0.4, 0.5) is 0 Å². The number of hydrogen-bond donors (Lipinski definition) is 3. The fourth-order valence-electron chi connectivity index (χ4n) is 2.01. The third-order valence-electron chi connectivity index (χ3n) is 3.87. The molecule has 0 aliphatic rings. The first-order valence-electron chi connectivity index (χ1n) is 7.48. The average Bonchev–Trinajstić information content (AvgIpc) is 2.94. The molecule has 24 heavy (non-hydrogen) atoms. The third kappa shape index (κ3) is 4.29. The molecule has 1 aromatic heterocycles. The zero-order valence-electron chi connectivity index (χ0n) is 14.8. The number of nitrogens with zero attached hydrogens (tertiary/aromatic N) is 2. The number of hydrogen-bond acceptors (Lipinski definition) is 4. The Morgan fingerprint density at radius 1 is 1.12 bits per heavy atom. The van der Waals surface area contributed by atoms with Gasteiger partial charge in [-0.2, -0.15) is 0 Å². The minimum Gasteiger partial charge on any atom is -0.399 e. The van der Waals surface area contributed by atoms with Gasteiger partial charge in [-0.25, -0.2) is 4.98 Å². The van der Waals surface area contributed by atoms with Crippen molar-refractivity contribution in [3.05, 3.63) is 65.4 Å². The molecule has 1 heterocycles. The van der Waals surface area contributed by atoms with Crippen molar-refractivity contribution in [1.82, 2.24) is 9.55 Å². The molecule has 0 atom stereocenters. The predicted molar refractivity (Wildman–Crippen MR) is 103 cm³/mol. The molecule has 5 heteroatoms. The third-order valence-corrected chi connectivity index (χ3v) is 3.87. The molecule has 4 N–H and O–H groups in total. The van der Waals surface area contributed by atoms with Gasteiger partial charge in [0.2, 0.25) is 0 Å². The van der Waals surface area contributed by atoms with Gasteiger partial charge in [0.1, 0.15) is 5.82 Å². The van der Waals surface area contributed by atoms with Crippen molar-refractivity contribution in [2.24, 2.45) is 12.8 Å². The van der Waals surface area contributed by atoms with E-state index in [9.17, 15) is 0 Å². The van der Waals surface area contributed by atoms with E-state index in [1.54, 1.807) is 12.2 Å². The largest absolute Gasteiger partial charge is 0.399 e. The van der Waals surface area contributed by atoms with Crippen molar-refractivity contribution < 1.29 is 0 Å². The second-order valence-corrected chi connectivity index (χ2v) is 5.62. The smallest absolute Gasteiger partial charge is 0.136 e. The summed E-state index contributed by atoms with van der Waals surface area (Å²) in [7, 11) is 1.91. The summed E-state index contributed by atoms with van der Waals surface area (Å²) in [5.41, 5.74) is 10.8. The quantitative estimate of drug-likeness (QED) is 0.525. The van der Waals surface area contributed by atoms with Crippen molar-refractivity contribution in [1.29, 1.82) is 10.8 Å². The van der Waals surface area contributed by atoms with Crippen molar-refractivity contribution in [3.8, 4) is 0 Å². The van der Waals surface area contributed by atoms with E-state index in [0.29, 0.717) is 16.8 Å². The van der Waals surface area contributed by atoms with E-state index in [0.717, 1.165) is 28.2 Å². The standard InChI is InChI=1S/C19H25N5/c1-12(16(5)22)7-8-17(10-21)15(4)19-23-18(11-24(19)6)14(3)13(2)9-20/h7-11,20-21H,1,5,22H2,2-4,6H3/b8-7-,14-13+,17-15-,20-9?,21-10?. The predicted octanol–water partition coefficient (Wildman–Crippen LogP) is 3.87. The lowest BCUT2D eigenvalue weighted by molar-refractivity contribution is 0.888. The van der Waals surface area contributed by atoms with Gasteiger partial charge < -0.3 is 21.1 Å². The lowest BCUT2D eigenvalue weighted by Crippen LogP contribution is -1.98. The van der Waals surface area contributed by atoms with Gasteiger partial charge in [0.05, 0.1) is 5.69 Å². The Labute approximate surface area is 143 Å². The molecule has 0 amide bonds. The second-order valence-electron chi connectivity index (χ2n) is 5.62. The first-order chi connectivity index (χ1) is 11.2. The molecule has 5 nitrogen and oxygen atoms in total. The maximum Gasteiger partial charge on any atom is 0.136 e. The van der Waals surface area contributed by atoms with E-state index in [-0.39, 0.29) is 0 Å². The van der Waals surface area contributed by atoms with Gasteiger partial charge in [-0.1, -0.05) is 25.3 Å². The second kappa shape index (κ2) is 8.06. The molecule has 0 aliphatic heterocycles. The van der Waals surface area contributed by atoms with Crippen LogP contribution in [0.2, 0.25) is 0 Å². The lowest BCUT2D eigenvalue weighted by atomic mass is 10.1. The number of rotatable bonds is 7. The maximum absolute atomic E-state index is 7.66. The van der Waals surface area contributed by atoms with Gasteiger partial charge >= 0.3 is 0 Å². The van der Waals surface area contributed by atoms with Gasteiger partial charge in [0, 0.05) is 36.9 Å². The molecule has 1 aromatic rings. The minimum absolute atomic E-state index is 0.399. The summed E-state index contributed by atoms with van der Waals surface area (Å²) in [4.78, 5) is 4.65. The van der Waals surface area contributed by atoms with Crippen LogP contribution in [0.1, 0.15) is 32.3 Å². The van der Waals surface area contributed by atoms with Gasteiger partial charge in [0.15, 0.2) is 0 Å². The normalized spacial score (nSPS) is 13.3. The SMILES string of the molecule is C=C(N)C(=C)/C=C\C(C=N)=C(/C)c1nc(/C(C)=C(\C)C=N)cn1C. The molecular weight excluding hydrogens is 298 g/mol. The molecule has 0 saturated heterocycles. The minimum atomic E-state index is 0.399. The Kier molecular flexibility index (Phi) is 6.41. The highest BCUT2D eigenvalue weighted by atomic mass is 15.0. The molecule has 1 rings (SSSR count). The van der Waals surface area contributed by atoms with Crippen LogP contribution in [0.15, 0.2) is 53.9 Å². The van der Waals surface area contributed by atoms with E-state index in [2.05, 4.69) is 18.1 Å². The average molecular weight is 323 g/mol. The van der Waals surface area contributed by atoms with Crippen LogP contribution in [-0.4, -0.2) is 22.0 Å². The molecule has 0 fully saturated rings. The Bertz CT molecular complexity index is 785. The molecule has 0 saturated carbocycles. The fourth-order valence-corrected chi connectivity index (χ4v) is 2.01. The van der Waals surface area contributed by atoms with Crippen LogP contribution in [0, 0.1) is 10.8 Å². The molecule has 0 spiro atoms. The summed E-state index contributed by atoms with van der Waals surface area (Å²) in [5.74, 6) is 0.766. The highest BCUT2D eigenvalue weighted by Gasteiger charge is 2.11. The Morgan fingerprint density at radius 2 is 1.75 bits per heavy atom. The van der Waals surface area contributed by atoms with Gasteiger partial charge in [-0.15, -0.1) is 0 Å². The molecular formula is C19H25N5. The Hall–Kier alpha value is -2.95. The molecule has 0 radical (unpaired) electrons. The Balaban J connectivity index is 3.35. The summed E-state index contributed by atoms with van der Waals surface area (Å²) in [5, 5.41) is 15.0. The number of nitrogens with one attached hydrogen (secondary N) is 2. The van der Waals surface area contributed by atoms with Gasteiger partial charge in [-0.3, -0.25) is 0 Å². The van der Waals surface area contributed by atoms with Crippen LogP contribution in [0.5, 0.6) is 0 Å². The van der Waals surface area contributed by atoms with Crippen molar-refractivity contribution >= 4 is 23.6 Å². The number of allylic oxidation sites excluding steroid dienone is 6. The molecule has 0 unspecified atom stereocenters. The van der Waals surface area contributed by atoms with E-state index in [1.807, 2.05) is 38.6 Å². The van der Waals surface area contributed by atoms with Crippen LogP contribution in [-0.2, 0) is 7.05 Å². The summed E-state index contributed by atoms with van der Waals surface area (Å²) < 4.78 is 1.92. The van der Waals surface area contributed by atoms with E-state index in [1.165, 1.54) is 12.4 Å². The Morgan fingerprint density at radius 3 is 2.25 bits per heavy atom. The van der Waals surface area contributed by atoms with Crippen molar-refractivity contribution in [3.63, 3.8) is 0 Å². The van der Waals surface area contributed by atoms with Gasteiger partial charge in [0.25, 0.3) is 0 Å². The molecule has 126 valence electrons. The highest BCUT2D eigenvalue weighted by molar-refractivity contribution is 5.92. The topological polar surface area (TPSA) is 91.5 Å².